The van der Waals surface area contributed by atoms with Crippen LogP contribution in [0.5, 0.6) is 0 Å². The number of anilines is 3. The second-order valence-corrected chi connectivity index (χ2v) is 17.1. The van der Waals surface area contributed by atoms with Gasteiger partial charge in [0, 0.05) is 53.6 Å². The largest absolute Gasteiger partial charge is 0.310 e. The normalized spacial score (nSPS) is 11.5. The number of nitrogens with zero attached hydrogens (tertiary/aromatic N) is 2. The second-order valence-electron chi connectivity index (χ2n) is 16.1. The number of hydrogen-bond donors (Lipinski definition) is 0. The molecule has 0 unspecified atom stereocenters. The molecule has 12 aromatic rings. The summed E-state index contributed by atoms with van der Waals surface area (Å²) in [5, 5.41) is 5.12. The molecule has 2 heterocycles. The molecule has 0 bridgehead atoms. The number of thiophene rings is 1. The lowest BCUT2D eigenvalue weighted by atomic mass is 9.92. The molecule has 0 N–H and O–H groups in total. The Morgan fingerprint density at radius 1 is 0.302 bits per heavy atom. The van der Waals surface area contributed by atoms with Crippen molar-refractivity contribution in [3.8, 4) is 50.2 Å². The van der Waals surface area contributed by atoms with Crippen molar-refractivity contribution in [2.75, 3.05) is 4.90 Å². The van der Waals surface area contributed by atoms with Crippen molar-refractivity contribution in [2.24, 2.45) is 0 Å². The van der Waals surface area contributed by atoms with Crippen molar-refractivity contribution in [1.82, 2.24) is 4.57 Å². The van der Waals surface area contributed by atoms with Gasteiger partial charge >= 0.3 is 0 Å². The molecule has 296 valence electrons. The highest BCUT2D eigenvalue weighted by Crippen LogP contribution is 2.45. The van der Waals surface area contributed by atoms with Crippen molar-refractivity contribution in [1.29, 1.82) is 0 Å². The van der Waals surface area contributed by atoms with Gasteiger partial charge in [-0.15, -0.1) is 11.3 Å². The van der Waals surface area contributed by atoms with Gasteiger partial charge < -0.3 is 9.47 Å². The van der Waals surface area contributed by atoms with E-state index in [0.717, 1.165) is 22.6 Å². The van der Waals surface area contributed by atoms with Crippen molar-refractivity contribution >= 4 is 70.4 Å². The molecule has 2 nitrogen and oxygen atoms in total. The van der Waals surface area contributed by atoms with Crippen LogP contribution in [0.15, 0.2) is 243 Å². The molecule has 0 amide bonds. The summed E-state index contributed by atoms with van der Waals surface area (Å²) < 4.78 is 5.06. The summed E-state index contributed by atoms with van der Waals surface area (Å²) in [7, 11) is 0. The Morgan fingerprint density at radius 2 is 0.857 bits per heavy atom. The predicted octanol–water partition coefficient (Wildman–Crippen LogP) is 17.3. The van der Waals surface area contributed by atoms with Crippen molar-refractivity contribution in [2.45, 2.75) is 0 Å². The molecule has 0 saturated heterocycles. The van der Waals surface area contributed by atoms with E-state index in [4.69, 9.17) is 0 Å². The number of hydrogen-bond acceptors (Lipinski definition) is 2. The zero-order chi connectivity index (χ0) is 41.7. The summed E-state index contributed by atoms with van der Waals surface area (Å²) in [6.07, 6.45) is 0. The highest BCUT2D eigenvalue weighted by Gasteiger charge is 2.21. The molecule has 0 radical (unpaired) electrons. The summed E-state index contributed by atoms with van der Waals surface area (Å²) in [5.41, 5.74) is 16.4. The average molecular weight is 821 g/mol. The third-order valence-corrected chi connectivity index (χ3v) is 13.5. The molecule has 0 atom stereocenters. The van der Waals surface area contributed by atoms with Gasteiger partial charge in [-0.1, -0.05) is 176 Å². The Bertz CT molecular complexity index is 3640. The van der Waals surface area contributed by atoms with Gasteiger partial charge in [-0.2, -0.15) is 0 Å². The van der Waals surface area contributed by atoms with Crippen LogP contribution in [0.25, 0.3) is 92.2 Å². The van der Waals surface area contributed by atoms with Gasteiger partial charge in [0.1, 0.15) is 0 Å². The molecule has 2 aromatic heterocycles. The minimum absolute atomic E-state index is 1.09. The smallest absolute Gasteiger partial charge is 0.0541 e. The van der Waals surface area contributed by atoms with Crippen LogP contribution in [0.3, 0.4) is 0 Å². The van der Waals surface area contributed by atoms with Crippen molar-refractivity contribution in [3.05, 3.63) is 243 Å². The molecule has 12 rings (SSSR count). The SMILES string of the molecule is c1ccc(-c2ccccc2-c2ccccc2N(c2ccccc2)c2cccc(-c3ccccc3-c3ccc4c(c3)c3ccccc3n4-c3ccc4c(c3)sc3ccccc34)c2)cc1. The van der Waals surface area contributed by atoms with Gasteiger partial charge in [0.25, 0.3) is 0 Å². The minimum atomic E-state index is 1.09. The number of fused-ring (bicyclic) bond motifs is 6. The van der Waals surface area contributed by atoms with Gasteiger partial charge in [-0.05, 0) is 106 Å². The van der Waals surface area contributed by atoms with E-state index in [1.807, 2.05) is 11.3 Å². The fraction of sp³-hybridized carbons (Fsp3) is 0. The first-order valence-corrected chi connectivity index (χ1v) is 22.3. The molecule has 0 aliphatic rings. The third-order valence-electron chi connectivity index (χ3n) is 12.4. The fourth-order valence-electron chi connectivity index (χ4n) is 9.56. The number of rotatable bonds is 8. The number of benzene rings is 10. The lowest BCUT2D eigenvalue weighted by Gasteiger charge is -2.29. The van der Waals surface area contributed by atoms with Gasteiger partial charge in [0.15, 0.2) is 0 Å². The minimum Gasteiger partial charge on any atom is -0.310 e. The van der Waals surface area contributed by atoms with Crippen LogP contribution in [0, 0.1) is 0 Å². The van der Waals surface area contributed by atoms with Crippen LogP contribution in [-0.4, -0.2) is 4.57 Å². The Kier molecular flexibility index (Phi) is 9.06. The van der Waals surface area contributed by atoms with Crippen molar-refractivity contribution < 1.29 is 0 Å². The van der Waals surface area contributed by atoms with Gasteiger partial charge in [0.2, 0.25) is 0 Å². The molecular formula is C60H40N2S. The first-order chi connectivity index (χ1) is 31.3. The highest BCUT2D eigenvalue weighted by atomic mass is 32.1. The first-order valence-electron chi connectivity index (χ1n) is 21.5. The predicted molar refractivity (Wildman–Crippen MR) is 270 cm³/mol. The van der Waals surface area contributed by atoms with Crippen LogP contribution in [-0.2, 0) is 0 Å². The van der Waals surface area contributed by atoms with Crippen molar-refractivity contribution in [3.63, 3.8) is 0 Å². The fourth-order valence-corrected chi connectivity index (χ4v) is 10.7. The Balaban J connectivity index is 0.979. The molecule has 3 heteroatoms. The van der Waals surface area contributed by atoms with Crippen LogP contribution in [0.4, 0.5) is 17.1 Å². The number of para-hydroxylation sites is 3. The lowest BCUT2D eigenvalue weighted by molar-refractivity contribution is 1.19. The third kappa shape index (κ3) is 6.41. The zero-order valence-corrected chi connectivity index (χ0v) is 35.2. The van der Waals surface area contributed by atoms with Crippen LogP contribution < -0.4 is 4.90 Å². The van der Waals surface area contributed by atoms with E-state index in [9.17, 15) is 0 Å². The Labute approximate surface area is 370 Å². The monoisotopic (exact) mass is 820 g/mol. The summed E-state index contributed by atoms with van der Waals surface area (Å²) in [5.74, 6) is 0. The van der Waals surface area contributed by atoms with E-state index in [0.29, 0.717) is 0 Å². The summed E-state index contributed by atoms with van der Waals surface area (Å²) in [6.45, 7) is 0. The summed E-state index contributed by atoms with van der Waals surface area (Å²) >= 11 is 1.87. The summed E-state index contributed by atoms with van der Waals surface area (Å²) in [6, 6.07) is 88.3. The van der Waals surface area contributed by atoms with Crippen LogP contribution in [0.1, 0.15) is 0 Å². The highest BCUT2D eigenvalue weighted by molar-refractivity contribution is 7.25. The quantitative estimate of drug-likeness (QED) is 0.148. The van der Waals surface area contributed by atoms with Gasteiger partial charge in [-0.25, -0.2) is 0 Å². The number of aromatic nitrogens is 1. The van der Waals surface area contributed by atoms with Gasteiger partial charge in [0.05, 0.1) is 16.7 Å². The molecule has 0 aliphatic carbocycles. The van der Waals surface area contributed by atoms with Crippen LogP contribution >= 0.6 is 11.3 Å². The molecular weight excluding hydrogens is 781 g/mol. The van der Waals surface area contributed by atoms with E-state index in [2.05, 4.69) is 252 Å². The lowest BCUT2D eigenvalue weighted by Crippen LogP contribution is -2.11. The summed E-state index contributed by atoms with van der Waals surface area (Å²) in [4.78, 5) is 2.40. The van der Waals surface area contributed by atoms with E-state index in [1.54, 1.807) is 0 Å². The Hall–Kier alpha value is -7.98. The standard InChI is InChI=1S/C60H40N2S/c1-3-18-41(19-4-1)47-24-9-10-27-50(47)51-28-11-14-31-56(51)61(44-21-5-2-6-22-44)45-23-17-20-42(38-45)48-25-7-8-26-49(48)43-34-37-58-55(39-43)52-29-12-15-32-57(52)62(58)46-35-36-54-53-30-13-16-33-59(53)63-60(54)40-46/h1-40H. The first kappa shape index (κ1) is 36.8. The molecule has 0 saturated carbocycles. The molecule has 0 spiro atoms. The second kappa shape index (κ2) is 15.5. The van der Waals surface area contributed by atoms with E-state index >= 15 is 0 Å². The van der Waals surface area contributed by atoms with Gasteiger partial charge in [-0.3, -0.25) is 0 Å². The molecule has 63 heavy (non-hydrogen) atoms. The zero-order valence-electron chi connectivity index (χ0n) is 34.4. The Morgan fingerprint density at radius 3 is 1.65 bits per heavy atom. The van der Waals surface area contributed by atoms with E-state index in [1.165, 1.54) is 86.6 Å². The van der Waals surface area contributed by atoms with E-state index < -0.39 is 0 Å². The maximum Gasteiger partial charge on any atom is 0.0541 e. The molecule has 0 aliphatic heterocycles. The van der Waals surface area contributed by atoms with Crippen LogP contribution in [0.2, 0.25) is 0 Å². The average Bonchev–Trinajstić information content (AvgIpc) is 3.90. The molecule has 0 fully saturated rings. The maximum absolute atomic E-state index is 2.43. The molecule has 10 aromatic carbocycles. The maximum atomic E-state index is 2.43. The topological polar surface area (TPSA) is 8.17 Å². The van der Waals surface area contributed by atoms with E-state index in [-0.39, 0.29) is 0 Å².